The van der Waals surface area contributed by atoms with Gasteiger partial charge >= 0.3 is 0 Å². The Labute approximate surface area is 290 Å². The third-order valence-corrected chi connectivity index (χ3v) is 13.2. The highest BCUT2D eigenvalue weighted by atomic mass is 15.2. The lowest BCUT2D eigenvalue weighted by molar-refractivity contribution is -0.00514. The normalized spacial score (nSPS) is 24.2. The first-order valence-corrected chi connectivity index (χ1v) is 18.6. The van der Waals surface area contributed by atoms with E-state index in [-0.39, 0.29) is 6.71 Å². The van der Waals surface area contributed by atoms with Crippen molar-refractivity contribution in [3.63, 3.8) is 0 Å². The molecule has 49 heavy (non-hydrogen) atoms. The Morgan fingerprint density at radius 1 is 0.490 bits per heavy atom. The summed E-state index contributed by atoms with van der Waals surface area (Å²) in [7, 11) is 0. The molecule has 4 saturated carbocycles. The van der Waals surface area contributed by atoms with Gasteiger partial charge in [-0.15, -0.1) is 0 Å². The molecular formula is C46H41BN2. The molecule has 6 aliphatic rings. The van der Waals surface area contributed by atoms with Gasteiger partial charge in [0.15, 0.2) is 0 Å². The number of nitrogens with zero attached hydrogens (tertiary/aromatic N) is 2. The fourth-order valence-corrected chi connectivity index (χ4v) is 11.6. The summed E-state index contributed by atoms with van der Waals surface area (Å²) in [4.78, 5) is 5.15. The molecule has 0 atom stereocenters. The van der Waals surface area contributed by atoms with Crippen molar-refractivity contribution in [2.45, 2.75) is 57.8 Å². The van der Waals surface area contributed by atoms with E-state index in [2.05, 4.69) is 145 Å². The molecule has 4 aliphatic carbocycles. The van der Waals surface area contributed by atoms with E-state index in [1.54, 1.807) is 5.56 Å². The molecule has 0 amide bonds. The van der Waals surface area contributed by atoms with Gasteiger partial charge in [-0.2, -0.15) is 0 Å². The van der Waals surface area contributed by atoms with Gasteiger partial charge in [0.25, 0.3) is 6.71 Å². The maximum Gasteiger partial charge on any atom is 0.252 e. The lowest BCUT2D eigenvalue weighted by Crippen LogP contribution is -2.61. The Kier molecular flexibility index (Phi) is 5.82. The van der Waals surface area contributed by atoms with Gasteiger partial charge in [0.05, 0.1) is 0 Å². The number of hydrogen-bond donors (Lipinski definition) is 0. The number of para-hydroxylation sites is 2. The van der Waals surface area contributed by atoms with Crippen LogP contribution in [0.2, 0.25) is 0 Å². The van der Waals surface area contributed by atoms with Crippen molar-refractivity contribution in [3.8, 4) is 0 Å². The number of hydrogen-bond acceptors (Lipinski definition) is 2. The lowest BCUT2D eigenvalue weighted by atomic mass is 9.33. The van der Waals surface area contributed by atoms with E-state index in [9.17, 15) is 0 Å². The van der Waals surface area contributed by atoms with Crippen LogP contribution in [-0.4, -0.2) is 6.71 Å². The number of fused-ring (bicyclic) bond motifs is 5. The number of anilines is 6. The third kappa shape index (κ3) is 3.96. The summed E-state index contributed by atoms with van der Waals surface area (Å²) in [5.74, 6) is 2.76. The third-order valence-electron chi connectivity index (χ3n) is 13.2. The van der Waals surface area contributed by atoms with E-state index in [4.69, 9.17) is 0 Å². The van der Waals surface area contributed by atoms with Crippen LogP contribution in [0.3, 0.4) is 0 Å². The van der Waals surface area contributed by atoms with E-state index in [0.29, 0.717) is 5.41 Å². The van der Waals surface area contributed by atoms with Crippen LogP contribution >= 0.6 is 0 Å². The topological polar surface area (TPSA) is 6.48 Å². The number of benzene rings is 6. The molecule has 6 aromatic carbocycles. The molecule has 3 heteroatoms. The summed E-state index contributed by atoms with van der Waals surface area (Å²) in [6.45, 7) is 4.67. The first-order valence-electron chi connectivity index (χ1n) is 18.6. The SMILES string of the molecule is Cc1ccccc1N1c2ccc(C34CC5CC(CC(C5)C3)C4)cc2B2c3cc4ccccc4cc3N(c3ccccc3C)c3cccc1c32. The van der Waals surface area contributed by atoms with Gasteiger partial charge in [-0.25, -0.2) is 0 Å². The smallest absolute Gasteiger partial charge is 0.252 e. The monoisotopic (exact) mass is 632 g/mol. The Morgan fingerprint density at radius 3 is 1.61 bits per heavy atom. The van der Waals surface area contributed by atoms with Crippen LogP contribution in [0, 0.1) is 31.6 Å². The predicted octanol–water partition coefficient (Wildman–Crippen LogP) is 10.0. The highest BCUT2D eigenvalue weighted by Gasteiger charge is 2.52. The number of rotatable bonds is 3. The molecule has 0 radical (unpaired) electrons. The maximum atomic E-state index is 2.71. The van der Waals surface area contributed by atoms with Gasteiger partial charge in [0, 0.05) is 34.1 Å². The zero-order valence-electron chi connectivity index (χ0n) is 28.5. The van der Waals surface area contributed by atoms with Crippen LogP contribution < -0.4 is 26.2 Å². The first-order chi connectivity index (χ1) is 24.0. The molecule has 238 valence electrons. The van der Waals surface area contributed by atoms with E-state index >= 15 is 0 Å². The highest BCUT2D eigenvalue weighted by molar-refractivity contribution is 7.00. The van der Waals surface area contributed by atoms with Crippen LogP contribution in [0.1, 0.15) is 55.2 Å². The minimum absolute atomic E-state index is 0.148. The molecule has 0 N–H and O–H groups in total. The van der Waals surface area contributed by atoms with Crippen molar-refractivity contribution >= 4 is 68.0 Å². The molecule has 0 aromatic heterocycles. The molecule has 2 heterocycles. The number of aryl methyl sites for hydroxylation is 2. The fourth-order valence-electron chi connectivity index (χ4n) is 11.6. The summed E-state index contributed by atoms with van der Waals surface area (Å²) in [5.41, 5.74) is 16.6. The summed E-state index contributed by atoms with van der Waals surface area (Å²) in [5, 5.41) is 2.60. The van der Waals surface area contributed by atoms with Gasteiger partial charge in [-0.1, -0.05) is 84.9 Å². The molecule has 0 unspecified atom stereocenters. The van der Waals surface area contributed by atoms with E-state index in [1.165, 1.54) is 111 Å². The van der Waals surface area contributed by atoms with E-state index in [0.717, 1.165) is 17.8 Å². The van der Waals surface area contributed by atoms with Gasteiger partial charge in [0.1, 0.15) is 0 Å². The molecule has 12 rings (SSSR count). The molecule has 4 bridgehead atoms. The summed E-state index contributed by atoms with van der Waals surface area (Å²) in [6, 6.07) is 46.6. The summed E-state index contributed by atoms with van der Waals surface area (Å²) >= 11 is 0. The molecule has 0 spiro atoms. The van der Waals surface area contributed by atoms with Crippen LogP contribution in [0.25, 0.3) is 10.8 Å². The minimum atomic E-state index is 0.148. The van der Waals surface area contributed by atoms with Crippen molar-refractivity contribution in [1.29, 1.82) is 0 Å². The van der Waals surface area contributed by atoms with Gasteiger partial charge in [-0.05, 0) is 156 Å². The molecular weight excluding hydrogens is 591 g/mol. The second-order valence-electron chi connectivity index (χ2n) is 16.1. The van der Waals surface area contributed by atoms with Crippen molar-refractivity contribution in [1.82, 2.24) is 0 Å². The van der Waals surface area contributed by atoms with Crippen molar-refractivity contribution in [2.24, 2.45) is 17.8 Å². The van der Waals surface area contributed by atoms with Crippen molar-refractivity contribution in [3.05, 3.63) is 138 Å². The molecule has 0 saturated heterocycles. The van der Waals surface area contributed by atoms with Gasteiger partial charge < -0.3 is 9.80 Å². The summed E-state index contributed by atoms with van der Waals surface area (Å²) < 4.78 is 0. The summed E-state index contributed by atoms with van der Waals surface area (Å²) in [6.07, 6.45) is 8.57. The average molecular weight is 633 g/mol. The Bertz CT molecular complexity index is 2300. The van der Waals surface area contributed by atoms with Gasteiger partial charge in [0.2, 0.25) is 0 Å². The standard InChI is InChI=1S/C46H41BN2/c1-29-10-3-7-14-39(29)48-41-19-18-36(46-26-31-20-32(27-46)22-33(21-31)28-46)25-38(41)47-37-23-34-12-5-6-13-35(34)24-44(37)49(40-15-8-4-11-30(40)2)43-17-9-16-42(48)45(43)47/h3-19,23-25,31-33H,20-22,26-28H2,1-2H3. The van der Waals surface area contributed by atoms with Crippen LogP contribution in [0.15, 0.2) is 121 Å². The molecule has 2 nitrogen and oxygen atoms in total. The lowest BCUT2D eigenvalue weighted by Gasteiger charge is -2.57. The van der Waals surface area contributed by atoms with Crippen LogP contribution in [0.4, 0.5) is 34.1 Å². The molecule has 2 aliphatic heterocycles. The quantitative estimate of drug-likeness (QED) is 0.179. The minimum Gasteiger partial charge on any atom is -0.311 e. The van der Waals surface area contributed by atoms with E-state index in [1.807, 2.05) is 0 Å². The largest absolute Gasteiger partial charge is 0.311 e. The second-order valence-corrected chi connectivity index (χ2v) is 16.1. The van der Waals surface area contributed by atoms with E-state index < -0.39 is 0 Å². The zero-order valence-corrected chi connectivity index (χ0v) is 28.5. The van der Waals surface area contributed by atoms with Crippen LogP contribution in [-0.2, 0) is 5.41 Å². The Morgan fingerprint density at radius 2 is 1.00 bits per heavy atom. The zero-order chi connectivity index (χ0) is 32.4. The second kappa shape index (κ2) is 10.1. The van der Waals surface area contributed by atoms with Crippen molar-refractivity contribution < 1.29 is 0 Å². The molecule has 6 aromatic rings. The molecule has 4 fully saturated rings. The highest BCUT2D eigenvalue weighted by Crippen LogP contribution is 2.61. The average Bonchev–Trinajstić information content (AvgIpc) is 3.11. The fraction of sp³-hybridized carbons (Fsp3) is 0.261. The van der Waals surface area contributed by atoms with Crippen LogP contribution in [0.5, 0.6) is 0 Å². The van der Waals surface area contributed by atoms with Crippen molar-refractivity contribution in [2.75, 3.05) is 9.80 Å². The van der Waals surface area contributed by atoms with Gasteiger partial charge in [-0.3, -0.25) is 0 Å². The Hall–Kier alpha value is -4.76. The maximum absolute atomic E-state index is 2.71. The Balaban J connectivity index is 1.22. The first kappa shape index (κ1) is 28.1. The predicted molar refractivity (Wildman–Crippen MR) is 207 cm³/mol.